The van der Waals surface area contributed by atoms with E-state index >= 15 is 0 Å². The number of unbranched alkanes of at least 4 members (excludes halogenated alkanes) is 1. The van der Waals surface area contributed by atoms with Crippen molar-refractivity contribution in [1.29, 1.82) is 5.41 Å². The standard InChI is InChI=1S/C29H41N9O2/c1-6-15-33-28-23(20-34-29(36-28)35-24-14-13-22(19-30)25(18-24)31-2)11-8-7-9-16-32-26(39)21-38(5)27(40)12-10-17-37(3)4/h10,12-14,18-20,30-31H,6-7,9,15-17,21H2,1-5H3,(H,32,39)(H2,33,34,35,36)/b12-10+,30-19?. The van der Waals surface area contributed by atoms with Gasteiger partial charge in [-0.2, -0.15) is 4.98 Å². The molecule has 0 aliphatic rings. The van der Waals surface area contributed by atoms with Gasteiger partial charge in [0, 0.05) is 69.4 Å². The first kappa shape index (κ1) is 31.8. The Balaban J connectivity index is 1.90. The molecule has 2 rings (SSSR count). The molecule has 0 atom stereocenters. The summed E-state index contributed by atoms with van der Waals surface area (Å²) in [6.45, 7) is 3.96. The van der Waals surface area contributed by atoms with Crippen molar-refractivity contribution in [3.05, 3.63) is 47.7 Å². The lowest BCUT2D eigenvalue weighted by Gasteiger charge is -2.14. The van der Waals surface area contributed by atoms with Crippen molar-refractivity contribution in [2.24, 2.45) is 0 Å². The summed E-state index contributed by atoms with van der Waals surface area (Å²) in [7, 11) is 7.25. The van der Waals surface area contributed by atoms with Gasteiger partial charge in [0.15, 0.2) is 0 Å². The second-order valence-electron chi connectivity index (χ2n) is 9.32. The SMILES string of the molecule is CCCNc1nc(Nc2ccc(C=N)c(NC)c2)ncc1C#CCCCNC(=O)CN(C)C(=O)/C=C/CN(C)C. The van der Waals surface area contributed by atoms with Crippen molar-refractivity contribution in [2.45, 2.75) is 26.2 Å². The first-order valence-corrected chi connectivity index (χ1v) is 13.3. The van der Waals surface area contributed by atoms with Crippen LogP contribution in [0, 0.1) is 17.3 Å². The van der Waals surface area contributed by atoms with Crippen LogP contribution in [0.25, 0.3) is 0 Å². The van der Waals surface area contributed by atoms with Crippen LogP contribution in [0.15, 0.2) is 36.5 Å². The smallest absolute Gasteiger partial charge is 0.246 e. The predicted molar refractivity (Wildman–Crippen MR) is 162 cm³/mol. The topological polar surface area (TPSA) is 138 Å². The average Bonchev–Trinajstić information content (AvgIpc) is 2.94. The number of nitrogens with one attached hydrogen (secondary N) is 5. The zero-order valence-electron chi connectivity index (χ0n) is 24.1. The molecular weight excluding hydrogens is 506 g/mol. The highest BCUT2D eigenvalue weighted by atomic mass is 16.2. The zero-order valence-corrected chi connectivity index (χ0v) is 24.1. The van der Waals surface area contributed by atoms with E-state index in [0.29, 0.717) is 43.3 Å². The lowest BCUT2D eigenvalue weighted by molar-refractivity contribution is -0.131. The summed E-state index contributed by atoms with van der Waals surface area (Å²) in [6, 6.07) is 5.62. The quantitative estimate of drug-likeness (QED) is 0.0993. The van der Waals surface area contributed by atoms with Gasteiger partial charge in [-0.1, -0.05) is 24.8 Å². The summed E-state index contributed by atoms with van der Waals surface area (Å²) in [4.78, 5) is 36.6. The van der Waals surface area contributed by atoms with Crippen molar-refractivity contribution in [3.63, 3.8) is 0 Å². The van der Waals surface area contributed by atoms with E-state index < -0.39 is 0 Å². The third-order valence-electron chi connectivity index (χ3n) is 5.58. The molecule has 0 unspecified atom stereocenters. The summed E-state index contributed by atoms with van der Waals surface area (Å²) in [5.41, 5.74) is 3.11. The highest BCUT2D eigenvalue weighted by Gasteiger charge is 2.10. The molecule has 214 valence electrons. The van der Waals surface area contributed by atoms with Crippen LogP contribution in [0.4, 0.5) is 23.1 Å². The Hall–Kier alpha value is -4.43. The van der Waals surface area contributed by atoms with Gasteiger partial charge in [0.05, 0.1) is 18.3 Å². The highest BCUT2D eigenvalue weighted by Crippen LogP contribution is 2.22. The molecule has 0 aliphatic heterocycles. The van der Waals surface area contributed by atoms with Crippen LogP contribution in [0.3, 0.4) is 0 Å². The molecular formula is C29H41N9O2. The van der Waals surface area contributed by atoms with Crippen molar-refractivity contribution >= 4 is 41.2 Å². The number of anilines is 4. The third-order valence-corrected chi connectivity index (χ3v) is 5.58. The van der Waals surface area contributed by atoms with Crippen LogP contribution in [-0.2, 0) is 9.59 Å². The van der Waals surface area contributed by atoms with Gasteiger partial charge in [0.25, 0.3) is 0 Å². The minimum atomic E-state index is -0.207. The molecule has 0 saturated heterocycles. The molecule has 0 radical (unpaired) electrons. The Labute approximate surface area is 237 Å². The maximum atomic E-state index is 12.2. The molecule has 0 saturated carbocycles. The number of rotatable bonds is 15. The Morgan fingerprint density at radius 1 is 1.18 bits per heavy atom. The Morgan fingerprint density at radius 2 is 1.98 bits per heavy atom. The molecule has 2 aromatic rings. The number of hydrogen-bond donors (Lipinski definition) is 5. The van der Waals surface area contributed by atoms with E-state index in [4.69, 9.17) is 5.41 Å². The van der Waals surface area contributed by atoms with Crippen LogP contribution in [0.2, 0.25) is 0 Å². The minimum absolute atomic E-state index is 0.00405. The van der Waals surface area contributed by atoms with E-state index in [0.717, 1.165) is 29.9 Å². The van der Waals surface area contributed by atoms with Crippen LogP contribution >= 0.6 is 0 Å². The van der Waals surface area contributed by atoms with Gasteiger partial charge < -0.3 is 36.5 Å². The molecule has 1 aromatic heterocycles. The van der Waals surface area contributed by atoms with E-state index in [9.17, 15) is 9.59 Å². The van der Waals surface area contributed by atoms with Gasteiger partial charge in [-0.05, 0) is 45.1 Å². The Kier molecular flexibility index (Phi) is 13.7. The first-order chi connectivity index (χ1) is 19.3. The molecule has 1 aromatic carbocycles. The molecule has 5 N–H and O–H groups in total. The van der Waals surface area contributed by atoms with Crippen molar-refractivity contribution in [3.8, 4) is 11.8 Å². The molecule has 2 amide bonds. The number of amides is 2. The molecule has 11 nitrogen and oxygen atoms in total. The lowest BCUT2D eigenvalue weighted by Crippen LogP contribution is -2.38. The normalized spacial score (nSPS) is 10.6. The van der Waals surface area contributed by atoms with Crippen molar-refractivity contribution in [2.75, 3.05) is 70.3 Å². The van der Waals surface area contributed by atoms with Crippen molar-refractivity contribution in [1.82, 2.24) is 25.1 Å². The molecule has 1 heterocycles. The highest BCUT2D eigenvalue weighted by molar-refractivity contribution is 5.91. The number of carbonyl (C=O) groups is 2. The molecule has 11 heteroatoms. The number of benzene rings is 1. The molecule has 0 bridgehead atoms. The number of nitrogens with zero attached hydrogens (tertiary/aromatic N) is 4. The molecule has 0 spiro atoms. The fraction of sp³-hybridized carbons (Fsp3) is 0.414. The minimum Gasteiger partial charge on any atom is -0.388 e. The van der Waals surface area contributed by atoms with Gasteiger partial charge >= 0.3 is 0 Å². The summed E-state index contributed by atoms with van der Waals surface area (Å²) < 4.78 is 0. The fourth-order valence-electron chi connectivity index (χ4n) is 3.42. The van der Waals surface area contributed by atoms with Gasteiger partial charge in [-0.25, -0.2) is 4.98 Å². The predicted octanol–water partition coefficient (Wildman–Crippen LogP) is 2.91. The van der Waals surface area contributed by atoms with Crippen LogP contribution in [0.5, 0.6) is 0 Å². The van der Waals surface area contributed by atoms with E-state index in [2.05, 4.69) is 50.0 Å². The second kappa shape index (κ2) is 17.2. The summed E-state index contributed by atoms with van der Waals surface area (Å²) >= 11 is 0. The van der Waals surface area contributed by atoms with E-state index in [1.807, 2.05) is 44.2 Å². The van der Waals surface area contributed by atoms with Crippen LogP contribution < -0.4 is 21.3 Å². The summed E-state index contributed by atoms with van der Waals surface area (Å²) in [5.74, 6) is 6.94. The van der Waals surface area contributed by atoms with Crippen LogP contribution in [-0.4, -0.2) is 92.2 Å². The van der Waals surface area contributed by atoms with Crippen molar-refractivity contribution < 1.29 is 9.59 Å². The number of likely N-dealkylation sites (N-methyl/N-ethyl adjacent to an activating group) is 2. The number of aromatic nitrogens is 2. The van der Waals surface area contributed by atoms with E-state index in [-0.39, 0.29) is 18.4 Å². The van der Waals surface area contributed by atoms with Gasteiger partial charge in [-0.15, -0.1) is 0 Å². The lowest BCUT2D eigenvalue weighted by atomic mass is 10.1. The largest absolute Gasteiger partial charge is 0.388 e. The first-order valence-electron chi connectivity index (χ1n) is 13.3. The summed E-state index contributed by atoms with van der Waals surface area (Å²) in [6.07, 6.45) is 8.43. The van der Waals surface area contributed by atoms with Gasteiger partial charge in [-0.3, -0.25) is 9.59 Å². The second-order valence-corrected chi connectivity index (χ2v) is 9.32. The maximum Gasteiger partial charge on any atom is 0.246 e. The zero-order chi connectivity index (χ0) is 29.3. The van der Waals surface area contributed by atoms with Gasteiger partial charge in [0.2, 0.25) is 17.8 Å². The monoisotopic (exact) mass is 547 g/mol. The number of carbonyl (C=O) groups excluding carboxylic acids is 2. The molecule has 40 heavy (non-hydrogen) atoms. The summed E-state index contributed by atoms with van der Waals surface area (Å²) in [5, 5.41) is 19.9. The third kappa shape index (κ3) is 11.1. The fourth-order valence-corrected chi connectivity index (χ4v) is 3.42. The Morgan fingerprint density at radius 3 is 2.67 bits per heavy atom. The Bertz CT molecular complexity index is 1230. The van der Waals surface area contributed by atoms with Crippen LogP contribution in [0.1, 0.15) is 37.3 Å². The van der Waals surface area contributed by atoms with E-state index in [1.165, 1.54) is 17.2 Å². The maximum absolute atomic E-state index is 12.2. The van der Waals surface area contributed by atoms with Gasteiger partial charge in [0.1, 0.15) is 5.82 Å². The number of hydrogen-bond acceptors (Lipinski definition) is 9. The molecule has 0 aliphatic carbocycles. The molecule has 0 fully saturated rings. The van der Waals surface area contributed by atoms with E-state index in [1.54, 1.807) is 19.3 Å². The average molecular weight is 548 g/mol.